The molecule has 0 saturated carbocycles. The SMILES string of the molecule is C[C@H](NC(=O)CS)c1ccccc1. The first kappa shape index (κ1) is 10.1. The van der Waals surface area contributed by atoms with Crippen LogP contribution in [0.5, 0.6) is 0 Å². The van der Waals surface area contributed by atoms with Gasteiger partial charge in [-0.2, -0.15) is 12.6 Å². The molecule has 70 valence electrons. The Bertz CT molecular complexity index is 274. The third kappa shape index (κ3) is 3.11. The van der Waals surface area contributed by atoms with Gasteiger partial charge in [0.25, 0.3) is 0 Å². The van der Waals surface area contributed by atoms with E-state index in [9.17, 15) is 4.79 Å². The fourth-order valence-corrected chi connectivity index (χ4v) is 1.20. The maximum atomic E-state index is 11.0. The molecule has 0 unspecified atom stereocenters. The van der Waals surface area contributed by atoms with Gasteiger partial charge in [0.15, 0.2) is 0 Å². The van der Waals surface area contributed by atoms with E-state index in [0.29, 0.717) is 0 Å². The van der Waals surface area contributed by atoms with Gasteiger partial charge in [-0.15, -0.1) is 0 Å². The number of benzene rings is 1. The molecule has 0 radical (unpaired) electrons. The molecule has 0 spiro atoms. The fraction of sp³-hybridized carbons (Fsp3) is 0.300. The zero-order valence-electron chi connectivity index (χ0n) is 7.53. The quantitative estimate of drug-likeness (QED) is 0.707. The molecule has 1 rings (SSSR count). The van der Waals surface area contributed by atoms with Crippen molar-refractivity contribution in [2.24, 2.45) is 0 Å². The van der Waals surface area contributed by atoms with Crippen LogP contribution in [0.25, 0.3) is 0 Å². The maximum Gasteiger partial charge on any atom is 0.230 e. The Labute approximate surface area is 83.8 Å². The van der Waals surface area contributed by atoms with Gasteiger partial charge in [-0.1, -0.05) is 30.3 Å². The second-order valence-electron chi connectivity index (χ2n) is 2.86. The van der Waals surface area contributed by atoms with Crippen molar-refractivity contribution < 1.29 is 4.79 Å². The molecule has 0 fully saturated rings. The van der Waals surface area contributed by atoms with Gasteiger partial charge in [0.1, 0.15) is 0 Å². The number of nitrogens with one attached hydrogen (secondary N) is 1. The Morgan fingerprint density at radius 2 is 2.08 bits per heavy atom. The van der Waals surface area contributed by atoms with E-state index in [2.05, 4.69) is 17.9 Å². The van der Waals surface area contributed by atoms with Gasteiger partial charge in [0, 0.05) is 0 Å². The monoisotopic (exact) mass is 195 g/mol. The van der Waals surface area contributed by atoms with Gasteiger partial charge in [-0.25, -0.2) is 0 Å². The third-order valence-electron chi connectivity index (χ3n) is 1.82. The number of rotatable bonds is 3. The van der Waals surface area contributed by atoms with Crippen molar-refractivity contribution in [2.75, 3.05) is 5.75 Å². The lowest BCUT2D eigenvalue weighted by molar-refractivity contribution is -0.119. The molecular weight excluding hydrogens is 182 g/mol. The van der Waals surface area contributed by atoms with Crippen LogP contribution in [0.4, 0.5) is 0 Å². The Kier molecular flexibility index (Phi) is 3.83. The molecule has 1 N–H and O–H groups in total. The highest BCUT2D eigenvalue weighted by atomic mass is 32.1. The van der Waals surface area contributed by atoms with Gasteiger partial charge < -0.3 is 5.32 Å². The summed E-state index contributed by atoms with van der Waals surface area (Å²) in [5.74, 6) is 0.191. The van der Waals surface area contributed by atoms with Crippen LogP contribution in [-0.2, 0) is 4.79 Å². The van der Waals surface area contributed by atoms with Crippen LogP contribution < -0.4 is 5.32 Å². The van der Waals surface area contributed by atoms with Crippen molar-refractivity contribution >= 4 is 18.5 Å². The van der Waals surface area contributed by atoms with E-state index < -0.39 is 0 Å². The first-order valence-corrected chi connectivity index (χ1v) is 4.82. The highest BCUT2D eigenvalue weighted by Gasteiger charge is 2.06. The molecule has 0 heterocycles. The van der Waals surface area contributed by atoms with Crippen LogP contribution in [0.2, 0.25) is 0 Å². The Morgan fingerprint density at radius 3 is 2.62 bits per heavy atom. The second kappa shape index (κ2) is 4.92. The summed E-state index contributed by atoms with van der Waals surface area (Å²) in [5, 5.41) is 2.83. The average molecular weight is 195 g/mol. The molecule has 0 aliphatic rings. The third-order valence-corrected chi connectivity index (χ3v) is 2.11. The van der Waals surface area contributed by atoms with Gasteiger partial charge in [-0.05, 0) is 12.5 Å². The summed E-state index contributed by atoms with van der Waals surface area (Å²) in [6.45, 7) is 1.96. The normalized spacial score (nSPS) is 12.2. The number of carbonyl (C=O) groups is 1. The first-order valence-electron chi connectivity index (χ1n) is 4.19. The summed E-state index contributed by atoms with van der Waals surface area (Å²) in [6.07, 6.45) is 0. The minimum absolute atomic E-state index is 0.0420. The highest BCUT2D eigenvalue weighted by molar-refractivity contribution is 7.81. The Balaban J connectivity index is 2.59. The number of amides is 1. The second-order valence-corrected chi connectivity index (χ2v) is 3.17. The minimum Gasteiger partial charge on any atom is -0.349 e. The average Bonchev–Trinajstić information content (AvgIpc) is 2.19. The molecule has 3 heteroatoms. The predicted molar refractivity (Wildman–Crippen MR) is 56.9 cm³/mol. The number of hydrogen-bond acceptors (Lipinski definition) is 2. The van der Waals surface area contributed by atoms with Gasteiger partial charge in [0.2, 0.25) is 5.91 Å². The van der Waals surface area contributed by atoms with Crippen molar-refractivity contribution in [1.29, 1.82) is 0 Å². The lowest BCUT2D eigenvalue weighted by atomic mass is 10.1. The van der Waals surface area contributed by atoms with E-state index in [4.69, 9.17) is 0 Å². The van der Waals surface area contributed by atoms with Crippen molar-refractivity contribution in [2.45, 2.75) is 13.0 Å². The van der Waals surface area contributed by atoms with E-state index in [-0.39, 0.29) is 17.7 Å². The molecule has 2 nitrogen and oxygen atoms in total. The van der Waals surface area contributed by atoms with Crippen molar-refractivity contribution in [3.8, 4) is 0 Å². The van der Waals surface area contributed by atoms with Crippen LogP contribution in [0.15, 0.2) is 30.3 Å². The fourth-order valence-electron chi connectivity index (χ4n) is 1.11. The zero-order chi connectivity index (χ0) is 9.68. The van der Waals surface area contributed by atoms with Crippen molar-refractivity contribution in [1.82, 2.24) is 5.32 Å². The van der Waals surface area contributed by atoms with E-state index in [0.717, 1.165) is 5.56 Å². The minimum atomic E-state index is -0.0420. The van der Waals surface area contributed by atoms with Gasteiger partial charge in [-0.3, -0.25) is 4.79 Å². The molecule has 1 aromatic carbocycles. The predicted octanol–water partition coefficient (Wildman–Crippen LogP) is 1.79. The molecule has 0 bridgehead atoms. The molecule has 13 heavy (non-hydrogen) atoms. The molecule has 1 amide bonds. The molecule has 0 aromatic heterocycles. The number of carbonyl (C=O) groups excluding carboxylic acids is 1. The highest BCUT2D eigenvalue weighted by Crippen LogP contribution is 2.10. The summed E-state index contributed by atoms with van der Waals surface area (Å²) in [7, 11) is 0. The number of hydrogen-bond donors (Lipinski definition) is 2. The van der Waals surface area contributed by atoms with Gasteiger partial charge in [0.05, 0.1) is 11.8 Å². The summed E-state index contributed by atoms with van der Waals surface area (Å²) in [6, 6.07) is 9.90. The Hall–Kier alpha value is -0.960. The van der Waals surface area contributed by atoms with Crippen molar-refractivity contribution in [3.63, 3.8) is 0 Å². The summed E-state index contributed by atoms with van der Waals surface area (Å²) < 4.78 is 0. The summed E-state index contributed by atoms with van der Waals surface area (Å²) in [5.41, 5.74) is 1.11. The van der Waals surface area contributed by atoms with Crippen molar-refractivity contribution in [3.05, 3.63) is 35.9 Å². The topological polar surface area (TPSA) is 29.1 Å². The lowest BCUT2D eigenvalue weighted by Gasteiger charge is -2.12. The molecule has 0 saturated heterocycles. The first-order chi connectivity index (χ1) is 6.24. The standard InChI is InChI=1S/C10H13NOS/c1-8(11-10(12)7-13)9-5-3-2-4-6-9/h2-6,8,13H,7H2,1H3,(H,11,12)/t8-/m0/s1. The van der Waals surface area contributed by atoms with E-state index in [1.54, 1.807) is 0 Å². The van der Waals surface area contributed by atoms with Crippen LogP contribution in [-0.4, -0.2) is 11.7 Å². The summed E-state index contributed by atoms with van der Waals surface area (Å²) >= 11 is 3.89. The largest absolute Gasteiger partial charge is 0.349 e. The molecule has 0 aliphatic carbocycles. The molecule has 0 aliphatic heterocycles. The van der Waals surface area contributed by atoms with E-state index in [1.807, 2.05) is 37.3 Å². The van der Waals surface area contributed by atoms with Gasteiger partial charge >= 0.3 is 0 Å². The van der Waals surface area contributed by atoms with E-state index in [1.165, 1.54) is 0 Å². The smallest absolute Gasteiger partial charge is 0.230 e. The van der Waals surface area contributed by atoms with Crippen LogP contribution in [0.1, 0.15) is 18.5 Å². The van der Waals surface area contributed by atoms with Crippen LogP contribution in [0, 0.1) is 0 Å². The molecule has 1 aromatic rings. The lowest BCUT2D eigenvalue weighted by Crippen LogP contribution is -2.27. The molecular formula is C10H13NOS. The summed E-state index contributed by atoms with van der Waals surface area (Å²) in [4.78, 5) is 11.0. The maximum absolute atomic E-state index is 11.0. The molecule has 1 atom stereocenters. The van der Waals surface area contributed by atoms with Crippen LogP contribution in [0.3, 0.4) is 0 Å². The number of thiol groups is 1. The van der Waals surface area contributed by atoms with E-state index >= 15 is 0 Å². The Morgan fingerprint density at radius 1 is 1.46 bits per heavy atom. The zero-order valence-corrected chi connectivity index (χ0v) is 8.42. The van der Waals surface area contributed by atoms with Crippen LogP contribution >= 0.6 is 12.6 Å².